The van der Waals surface area contributed by atoms with Crippen molar-refractivity contribution in [3.63, 3.8) is 0 Å². The van der Waals surface area contributed by atoms with Gasteiger partial charge < -0.3 is 10.2 Å². The maximum absolute atomic E-state index is 13.1. The summed E-state index contributed by atoms with van der Waals surface area (Å²) in [6.45, 7) is 1.16. The predicted molar refractivity (Wildman–Crippen MR) is 80.3 cm³/mol. The van der Waals surface area contributed by atoms with E-state index in [4.69, 9.17) is 0 Å². The molecule has 0 unspecified atom stereocenters. The smallest absolute Gasteiger partial charge is 0.325 e. The molecule has 0 spiro atoms. The van der Waals surface area contributed by atoms with Crippen LogP contribution in [0.3, 0.4) is 0 Å². The van der Waals surface area contributed by atoms with E-state index < -0.39 is 23.6 Å². The van der Waals surface area contributed by atoms with E-state index in [0.717, 1.165) is 25.3 Å². The first-order valence-corrected chi connectivity index (χ1v) is 6.30. The number of likely N-dealkylation sites (tertiary alicyclic amines) is 1. The van der Waals surface area contributed by atoms with Crippen molar-refractivity contribution < 1.29 is 22.4 Å². The van der Waals surface area contributed by atoms with E-state index in [2.05, 4.69) is 5.32 Å². The summed E-state index contributed by atoms with van der Waals surface area (Å²) in [4.78, 5) is 13.4. The fraction of sp³-hybridized carbons (Fsp3) is 0.462. The molecule has 0 atom stereocenters. The Hall–Kier alpha value is -1.21. The first kappa shape index (κ1) is 20.8. The van der Waals surface area contributed by atoms with Crippen molar-refractivity contribution in [1.29, 1.82) is 0 Å². The van der Waals surface area contributed by atoms with E-state index in [0.29, 0.717) is 25.2 Å². The van der Waals surface area contributed by atoms with Crippen molar-refractivity contribution in [2.45, 2.75) is 25.4 Å². The number of carbonyl (C=O) groups is 1. The third-order valence-corrected chi connectivity index (χ3v) is 3.17. The minimum Gasteiger partial charge on any atom is -0.325 e. The van der Waals surface area contributed by atoms with Gasteiger partial charge in [-0.05, 0) is 37.5 Å². The topological polar surface area (TPSA) is 32.3 Å². The monoisotopic (exact) mass is 362 g/mol. The summed E-state index contributed by atoms with van der Waals surface area (Å²) in [5.74, 6) is -1.35. The number of rotatable bonds is 1. The molecule has 0 aromatic heterocycles. The van der Waals surface area contributed by atoms with E-state index in [-0.39, 0.29) is 30.5 Å². The van der Waals surface area contributed by atoms with Crippen molar-refractivity contribution in [2.24, 2.45) is 0 Å². The van der Waals surface area contributed by atoms with Gasteiger partial charge in [0, 0.05) is 18.8 Å². The Bertz CT molecular complexity index is 505. The van der Waals surface area contributed by atoms with Crippen LogP contribution in [-0.4, -0.2) is 24.0 Å². The summed E-state index contributed by atoms with van der Waals surface area (Å²) in [6, 6.07) is 1.97. The number of benzene rings is 1. The normalized spacial score (nSPS) is 14.6. The molecule has 1 heterocycles. The van der Waals surface area contributed by atoms with E-state index in [1.54, 1.807) is 4.90 Å². The molecule has 2 amide bonds. The average molecular weight is 363 g/mol. The summed E-state index contributed by atoms with van der Waals surface area (Å²) in [5, 5.41) is 2.37. The Kier molecular flexibility index (Phi) is 7.97. The molecule has 2 rings (SSSR count). The van der Waals surface area contributed by atoms with Gasteiger partial charge >= 0.3 is 12.2 Å². The highest BCUT2D eigenvalue weighted by Gasteiger charge is 2.34. The maximum atomic E-state index is 13.1. The fourth-order valence-electron chi connectivity index (χ4n) is 2.12. The van der Waals surface area contributed by atoms with Crippen molar-refractivity contribution >= 4 is 36.5 Å². The summed E-state index contributed by atoms with van der Waals surface area (Å²) >= 11 is 0. The molecule has 22 heavy (non-hydrogen) atoms. The number of carbonyl (C=O) groups excluding carboxylic acids is 1. The van der Waals surface area contributed by atoms with E-state index in [1.165, 1.54) is 0 Å². The number of anilines is 1. The van der Waals surface area contributed by atoms with Crippen molar-refractivity contribution in [3.05, 3.63) is 29.6 Å². The van der Waals surface area contributed by atoms with Gasteiger partial charge in [0.15, 0.2) is 0 Å². The van der Waals surface area contributed by atoms with Gasteiger partial charge in [0.2, 0.25) is 0 Å². The SMILES string of the molecule is Cl.Cl.O=C(Nc1ccc(F)c(C(F)(F)F)c1)N1CCCCC1. The second-order valence-corrected chi connectivity index (χ2v) is 4.67. The van der Waals surface area contributed by atoms with Crippen molar-refractivity contribution in [2.75, 3.05) is 18.4 Å². The van der Waals surface area contributed by atoms with Crippen LogP contribution in [0.5, 0.6) is 0 Å². The molecule has 0 radical (unpaired) electrons. The van der Waals surface area contributed by atoms with Crippen LogP contribution in [0.2, 0.25) is 0 Å². The molecule has 0 bridgehead atoms. The second-order valence-electron chi connectivity index (χ2n) is 4.67. The Labute approximate surface area is 137 Å². The zero-order valence-electron chi connectivity index (χ0n) is 11.5. The number of piperidine rings is 1. The maximum Gasteiger partial charge on any atom is 0.419 e. The van der Waals surface area contributed by atoms with Crippen LogP contribution in [0, 0.1) is 5.82 Å². The van der Waals surface area contributed by atoms with Gasteiger partial charge in [0.1, 0.15) is 5.82 Å². The highest BCUT2D eigenvalue weighted by Crippen LogP contribution is 2.33. The number of halogens is 6. The van der Waals surface area contributed by atoms with Crippen LogP contribution >= 0.6 is 24.8 Å². The average Bonchev–Trinajstić information content (AvgIpc) is 2.40. The number of nitrogens with one attached hydrogen (secondary N) is 1. The summed E-state index contributed by atoms with van der Waals surface area (Å²) < 4.78 is 50.8. The van der Waals surface area contributed by atoms with Crippen molar-refractivity contribution in [1.82, 2.24) is 4.90 Å². The molecule has 1 saturated heterocycles. The van der Waals surface area contributed by atoms with E-state index >= 15 is 0 Å². The molecule has 1 N–H and O–H groups in total. The summed E-state index contributed by atoms with van der Waals surface area (Å²) in [7, 11) is 0. The molecule has 1 fully saturated rings. The molecule has 1 aromatic rings. The second kappa shape index (κ2) is 8.43. The molecule has 3 nitrogen and oxygen atoms in total. The van der Waals surface area contributed by atoms with Crippen LogP contribution in [0.25, 0.3) is 0 Å². The molecule has 0 aliphatic carbocycles. The molecule has 126 valence electrons. The molecule has 1 aliphatic rings. The Morgan fingerprint density at radius 3 is 2.23 bits per heavy atom. The fourth-order valence-corrected chi connectivity index (χ4v) is 2.12. The number of alkyl halides is 3. The minimum absolute atomic E-state index is 0. The molecule has 1 aromatic carbocycles. The third-order valence-electron chi connectivity index (χ3n) is 3.17. The zero-order valence-corrected chi connectivity index (χ0v) is 13.1. The lowest BCUT2D eigenvalue weighted by atomic mass is 10.1. The van der Waals surface area contributed by atoms with Crippen LogP contribution in [0.1, 0.15) is 24.8 Å². The van der Waals surface area contributed by atoms with Gasteiger partial charge in [-0.3, -0.25) is 0 Å². The van der Waals surface area contributed by atoms with Crippen molar-refractivity contribution in [3.8, 4) is 0 Å². The number of nitrogens with zero attached hydrogens (tertiary/aromatic N) is 1. The molecular weight excluding hydrogens is 347 g/mol. The van der Waals surface area contributed by atoms with Crippen LogP contribution in [0.15, 0.2) is 18.2 Å². The van der Waals surface area contributed by atoms with Crippen LogP contribution < -0.4 is 5.32 Å². The number of amides is 2. The number of hydrogen-bond donors (Lipinski definition) is 1. The first-order chi connectivity index (χ1) is 9.38. The largest absolute Gasteiger partial charge is 0.419 e. The highest BCUT2D eigenvalue weighted by molar-refractivity contribution is 5.89. The number of urea groups is 1. The predicted octanol–water partition coefficient (Wildman–Crippen LogP) is 4.71. The zero-order chi connectivity index (χ0) is 14.8. The lowest BCUT2D eigenvalue weighted by Gasteiger charge is -2.26. The van der Waals surface area contributed by atoms with Gasteiger partial charge in [-0.1, -0.05) is 0 Å². The van der Waals surface area contributed by atoms with Gasteiger partial charge in [-0.2, -0.15) is 13.2 Å². The van der Waals surface area contributed by atoms with Gasteiger partial charge in [0.05, 0.1) is 5.56 Å². The van der Waals surface area contributed by atoms with Gasteiger partial charge in [-0.25, -0.2) is 9.18 Å². The van der Waals surface area contributed by atoms with E-state index in [1.807, 2.05) is 0 Å². The third kappa shape index (κ3) is 5.21. The Balaban J connectivity index is 0.00000220. The minimum atomic E-state index is -4.78. The van der Waals surface area contributed by atoms with E-state index in [9.17, 15) is 22.4 Å². The summed E-state index contributed by atoms with van der Waals surface area (Å²) in [6.07, 6.45) is -1.98. The molecule has 9 heteroatoms. The lowest BCUT2D eigenvalue weighted by molar-refractivity contribution is -0.139. The quantitative estimate of drug-likeness (QED) is 0.721. The lowest BCUT2D eigenvalue weighted by Crippen LogP contribution is -2.38. The molecule has 1 aliphatic heterocycles. The first-order valence-electron chi connectivity index (χ1n) is 6.30. The Morgan fingerprint density at radius 2 is 1.68 bits per heavy atom. The van der Waals surface area contributed by atoms with Crippen LogP contribution in [0.4, 0.5) is 28.0 Å². The molecule has 0 saturated carbocycles. The van der Waals surface area contributed by atoms with Gasteiger partial charge in [0.25, 0.3) is 0 Å². The molecular formula is C13H16Cl2F4N2O. The highest BCUT2D eigenvalue weighted by atomic mass is 35.5. The standard InChI is InChI=1S/C13H14F4N2O.2ClH/c14-11-5-4-9(8-10(11)13(15,16)17)18-12(20)19-6-2-1-3-7-19;;/h4-5,8H,1-3,6-7H2,(H,18,20);2*1H. The van der Waals surface area contributed by atoms with Crippen LogP contribution in [-0.2, 0) is 6.18 Å². The summed E-state index contributed by atoms with van der Waals surface area (Å²) in [5.41, 5.74) is -1.44. The number of hydrogen-bond acceptors (Lipinski definition) is 1. The Morgan fingerprint density at radius 1 is 1.09 bits per heavy atom. The van der Waals surface area contributed by atoms with Gasteiger partial charge in [-0.15, -0.1) is 24.8 Å².